The molecule has 0 radical (unpaired) electrons. The third-order valence-corrected chi connectivity index (χ3v) is 6.46. The zero-order chi connectivity index (χ0) is 11.8. The third kappa shape index (κ3) is 15.6. The van der Waals surface area contributed by atoms with Crippen molar-refractivity contribution < 1.29 is 29.4 Å². The summed E-state index contributed by atoms with van der Waals surface area (Å²) in [4.78, 5) is 9.58. The molecule has 2 N–H and O–H groups in total. The van der Waals surface area contributed by atoms with Gasteiger partial charge in [-0.1, -0.05) is 55.6 Å². The molecular formula is C8H19Cl3O2SiZn. The molecule has 0 bridgehead atoms. The zero-order valence-electron chi connectivity index (χ0n) is 9.56. The van der Waals surface area contributed by atoms with E-state index in [-0.39, 0.29) is 19.5 Å². The van der Waals surface area contributed by atoms with Crippen LogP contribution in [0.25, 0.3) is 0 Å². The molecule has 0 atom stereocenters. The molecule has 0 aromatic rings. The molecule has 0 fully saturated rings. The van der Waals surface area contributed by atoms with E-state index in [4.69, 9.17) is 39.9 Å². The quantitative estimate of drug-likeness (QED) is 0.607. The van der Waals surface area contributed by atoms with Crippen molar-refractivity contribution in [2.24, 2.45) is 0 Å². The maximum atomic E-state index is 9.58. The molecule has 0 aliphatic rings. The summed E-state index contributed by atoms with van der Waals surface area (Å²) in [6, 6.07) is 3.04. The first kappa shape index (κ1) is 21.9. The van der Waals surface area contributed by atoms with Crippen molar-refractivity contribution in [1.82, 2.24) is 0 Å². The van der Waals surface area contributed by atoms with Gasteiger partial charge < -0.3 is 9.90 Å². The minimum atomic E-state index is -1.67. The number of hydrogen-bond acceptors (Lipinski definition) is 2. The Morgan fingerprint density at radius 2 is 1.20 bits per heavy atom. The van der Waals surface area contributed by atoms with Crippen molar-refractivity contribution in [2.75, 3.05) is 6.61 Å². The van der Waals surface area contributed by atoms with E-state index in [9.17, 15) is 4.80 Å². The van der Waals surface area contributed by atoms with Crippen LogP contribution in [0.3, 0.4) is 0 Å². The minimum absolute atomic E-state index is 0. The van der Waals surface area contributed by atoms with Gasteiger partial charge in [-0.2, -0.15) is 0 Å². The Kier molecular flexibility index (Phi) is 15.7. The Labute approximate surface area is 121 Å². The van der Waals surface area contributed by atoms with Crippen molar-refractivity contribution in [3.63, 3.8) is 0 Å². The fraction of sp³-hybridized carbons (Fsp3) is 1.00. The van der Waals surface area contributed by atoms with Crippen LogP contribution in [0.4, 0.5) is 0 Å². The van der Waals surface area contributed by atoms with Crippen molar-refractivity contribution in [3.05, 3.63) is 0 Å². The second-order valence-electron chi connectivity index (χ2n) is 3.06. The molecule has 90 valence electrons. The van der Waals surface area contributed by atoms with Crippen LogP contribution in [-0.2, 0) is 19.5 Å². The Balaban J connectivity index is -0.000000187. The van der Waals surface area contributed by atoms with Gasteiger partial charge in [0.15, 0.2) is 8.32 Å². The summed E-state index contributed by atoms with van der Waals surface area (Å²) in [6.45, 7) is 5.81. The van der Waals surface area contributed by atoms with Crippen LogP contribution in [0.1, 0.15) is 20.8 Å². The predicted octanol–water partition coefficient (Wildman–Crippen LogP) is 3.33. The molecule has 0 unspecified atom stereocenters. The molecule has 0 rings (SSSR count). The normalized spacial score (nSPS) is 11.2. The van der Waals surface area contributed by atoms with Gasteiger partial charge in [0.1, 0.15) is 0 Å². The second-order valence-corrected chi connectivity index (χ2v) is 10.1. The van der Waals surface area contributed by atoms with Gasteiger partial charge in [-0.15, -0.1) is 0 Å². The molecule has 2 nitrogen and oxygen atoms in total. The van der Waals surface area contributed by atoms with Crippen LogP contribution < -0.4 is 0 Å². The van der Waals surface area contributed by atoms with E-state index in [0.29, 0.717) is 0 Å². The molecule has 0 saturated carbocycles. The maximum absolute atomic E-state index is 9.58. The van der Waals surface area contributed by atoms with Crippen LogP contribution in [-0.4, -0.2) is 28.6 Å². The van der Waals surface area contributed by atoms with Gasteiger partial charge in [-0.05, 0) is 18.1 Å². The fourth-order valence-electron chi connectivity index (χ4n) is 0.750. The van der Waals surface area contributed by atoms with Gasteiger partial charge in [0.2, 0.25) is 3.79 Å². The van der Waals surface area contributed by atoms with E-state index in [2.05, 4.69) is 20.8 Å². The molecular weight excluding hydrogens is 328 g/mol. The summed E-state index contributed by atoms with van der Waals surface area (Å²) in [7, 11) is -1.67. The summed E-state index contributed by atoms with van der Waals surface area (Å²) in [5.41, 5.74) is 0. The Hall–Kier alpha value is 1.63. The zero-order valence-corrected chi connectivity index (χ0v) is 15.8. The summed E-state index contributed by atoms with van der Waals surface area (Å²) < 4.78 is -1.49. The monoisotopic (exact) mass is 344 g/mol. The first-order chi connectivity index (χ1) is 6.24. The topological polar surface area (TPSA) is 40.5 Å². The second kappa shape index (κ2) is 10.8. The molecule has 15 heavy (non-hydrogen) atoms. The van der Waals surface area contributed by atoms with Crippen LogP contribution in [0, 0.1) is 0 Å². The summed E-state index contributed by atoms with van der Waals surface area (Å²) in [5, 5.41) is 8.01. The summed E-state index contributed by atoms with van der Waals surface area (Å²) in [6.07, 6.45) is 0. The Morgan fingerprint density at radius 3 is 1.20 bits per heavy atom. The van der Waals surface area contributed by atoms with Gasteiger partial charge >= 0.3 is 0 Å². The molecule has 0 spiro atoms. The first-order valence-electron chi connectivity index (χ1n) is 4.64. The van der Waals surface area contributed by atoms with E-state index < -0.39 is 18.7 Å². The first-order valence-corrected chi connectivity index (χ1v) is 8.34. The molecule has 7 heteroatoms. The van der Waals surface area contributed by atoms with E-state index in [1.165, 1.54) is 0 Å². The van der Waals surface area contributed by atoms with E-state index in [0.717, 1.165) is 18.1 Å². The van der Waals surface area contributed by atoms with Crippen LogP contribution in [0.15, 0.2) is 0 Å². The SMILES string of the molecule is CC[Si](O)(CC)CC.OCC(Cl)(Cl)Cl.[Zn]. The number of hydrogen-bond donors (Lipinski definition) is 2. The third-order valence-electron chi connectivity index (χ3n) is 2.15. The number of halogens is 3. The van der Waals surface area contributed by atoms with Crippen LogP contribution >= 0.6 is 34.8 Å². The average Bonchev–Trinajstić information content (AvgIpc) is 2.16. The van der Waals surface area contributed by atoms with Crippen LogP contribution in [0.5, 0.6) is 0 Å². The van der Waals surface area contributed by atoms with Crippen LogP contribution in [0.2, 0.25) is 18.1 Å². The van der Waals surface area contributed by atoms with Crippen molar-refractivity contribution in [1.29, 1.82) is 0 Å². The van der Waals surface area contributed by atoms with Crippen molar-refractivity contribution >= 4 is 43.1 Å². The summed E-state index contributed by atoms with van der Waals surface area (Å²) in [5.74, 6) is 0. The fourth-order valence-corrected chi connectivity index (χ4v) is 2.25. The average molecular weight is 347 g/mol. The van der Waals surface area contributed by atoms with E-state index in [1.807, 2.05) is 0 Å². The predicted molar refractivity (Wildman–Crippen MR) is 66.8 cm³/mol. The molecule has 0 aliphatic carbocycles. The molecule has 0 amide bonds. The van der Waals surface area contributed by atoms with Gasteiger partial charge in [-0.3, -0.25) is 0 Å². The Bertz CT molecular complexity index is 132. The number of alkyl halides is 3. The van der Waals surface area contributed by atoms with Gasteiger partial charge in [0.25, 0.3) is 0 Å². The van der Waals surface area contributed by atoms with Gasteiger partial charge in [0, 0.05) is 19.5 Å². The van der Waals surface area contributed by atoms with Crippen molar-refractivity contribution in [3.8, 4) is 0 Å². The Morgan fingerprint density at radius 1 is 1.00 bits per heavy atom. The van der Waals surface area contributed by atoms with E-state index in [1.54, 1.807) is 0 Å². The largest absolute Gasteiger partial charge is 0.432 e. The molecule has 0 saturated heterocycles. The number of aliphatic hydroxyl groups is 1. The summed E-state index contributed by atoms with van der Waals surface area (Å²) >= 11 is 15.0. The number of rotatable bonds is 3. The van der Waals surface area contributed by atoms with E-state index >= 15 is 0 Å². The minimum Gasteiger partial charge on any atom is -0.432 e. The van der Waals surface area contributed by atoms with Gasteiger partial charge in [0.05, 0.1) is 6.61 Å². The maximum Gasteiger partial charge on any atom is 0.213 e. The van der Waals surface area contributed by atoms with Gasteiger partial charge in [-0.25, -0.2) is 0 Å². The molecule has 0 heterocycles. The standard InChI is InChI=1S/C6H16OSi.C2H3Cl3O.Zn/c1-4-8(7,5-2)6-3;3-2(4,5)1-6;/h7H,4-6H2,1-3H3;6H,1H2;. The molecule has 0 aromatic heterocycles. The van der Waals surface area contributed by atoms with Crippen molar-refractivity contribution in [2.45, 2.75) is 42.7 Å². The number of aliphatic hydroxyl groups excluding tert-OH is 1. The molecule has 0 aliphatic heterocycles. The smallest absolute Gasteiger partial charge is 0.213 e. The molecule has 0 aromatic carbocycles.